The second-order valence-corrected chi connectivity index (χ2v) is 3.79. The molecule has 1 N–H and O–H groups in total. The van der Waals surface area contributed by atoms with Gasteiger partial charge in [0.2, 0.25) is 6.33 Å². The van der Waals surface area contributed by atoms with Crippen molar-refractivity contribution in [1.29, 1.82) is 0 Å². The molecule has 0 spiro atoms. The third-order valence-electron chi connectivity index (χ3n) is 2.50. The van der Waals surface area contributed by atoms with Gasteiger partial charge in [0, 0.05) is 0 Å². The van der Waals surface area contributed by atoms with Gasteiger partial charge in [0.15, 0.2) is 0 Å². The minimum atomic E-state index is -0.992. The van der Waals surface area contributed by atoms with Gasteiger partial charge in [-0.05, 0) is 16.3 Å². The number of nitrogens with zero attached hydrogens (tertiary/aromatic N) is 3. The number of nitro groups is 1. The average molecular weight is 241 g/mol. The first-order valence-electron chi connectivity index (χ1n) is 5.47. The summed E-state index contributed by atoms with van der Waals surface area (Å²) in [4.78, 5) is 24.4. The molecule has 0 saturated heterocycles. The molecule has 0 amide bonds. The minimum absolute atomic E-state index is 0.327. The predicted octanol–water partition coefficient (Wildman–Crippen LogP) is 2.00. The van der Waals surface area contributed by atoms with Crippen LogP contribution in [0, 0.1) is 10.1 Å². The van der Waals surface area contributed by atoms with Crippen LogP contribution in [0.25, 0.3) is 0 Å². The van der Waals surface area contributed by atoms with E-state index in [1.165, 1.54) is 10.9 Å². The topological polar surface area (TPSA) is 98.3 Å². The van der Waals surface area contributed by atoms with Crippen molar-refractivity contribution >= 4 is 11.8 Å². The molecule has 94 valence electrons. The first-order chi connectivity index (χ1) is 8.06. The van der Waals surface area contributed by atoms with Gasteiger partial charge in [-0.25, -0.2) is 4.79 Å². The van der Waals surface area contributed by atoms with Gasteiger partial charge in [-0.3, -0.25) is 4.57 Å². The molecular formula is C10H15N3O4. The van der Waals surface area contributed by atoms with Crippen molar-refractivity contribution in [3.8, 4) is 0 Å². The second kappa shape index (κ2) is 5.97. The minimum Gasteiger partial charge on any atom is -0.480 e. The van der Waals surface area contributed by atoms with Crippen molar-refractivity contribution in [3.05, 3.63) is 22.6 Å². The lowest BCUT2D eigenvalue weighted by molar-refractivity contribution is -0.389. The normalized spacial score (nSPS) is 12.3. The summed E-state index contributed by atoms with van der Waals surface area (Å²) in [5.74, 6) is -1.32. The summed E-state index contributed by atoms with van der Waals surface area (Å²) in [5, 5.41) is 19.5. The van der Waals surface area contributed by atoms with Gasteiger partial charge in [0.25, 0.3) is 0 Å². The van der Waals surface area contributed by atoms with Crippen LogP contribution in [0.3, 0.4) is 0 Å². The smallest absolute Gasteiger partial charge is 0.381 e. The van der Waals surface area contributed by atoms with E-state index in [9.17, 15) is 14.9 Å². The molecule has 0 aliphatic heterocycles. The number of aliphatic carboxylic acids is 1. The van der Waals surface area contributed by atoms with E-state index in [1.54, 1.807) is 0 Å². The number of carbonyl (C=O) groups is 1. The van der Waals surface area contributed by atoms with E-state index in [4.69, 9.17) is 5.11 Å². The molecule has 1 aromatic rings. The van der Waals surface area contributed by atoms with Gasteiger partial charge in [-0.15, -0.1) is 0 Å². The van der Waals surface area contributed by atoms with Crippen LogP contribution in [0.15, 0.2) is 12.5 Å². The Balaban J connectivity index is 2.75. The van der Waals surface area contributed by atoms with Crippen molar-refractivity contribution < 1.29 is 14.8 Å². The lowest BCUT2D eigenvalue weighted by atomic mass is 10.1. The summed E-state index contributed by atoms with van der Waals surface area (Å²) in [6.07, 6.45) is 5.53. The molecule has 7 heteroatoms. The lowest BCUT2D eigenvalue weighted by Gasteiger charge is -2.11. The van der Waals surface area contributed by atoms with Gasteiger partial charge >= 0.3 is 11.8 Å². The third kappa shape index (κ3) is 3.54. The van der Waals surface area contributed by atoms with E-state index < -0.39 is 16.9 Å². The number of imidazole rings is 1. The summed E-state index contributed by atoms with van der Waals surface area (Å²) in [6, 6.07) is -0.775. The van der Waals surface area contributed by atoms with Crippen LogP contribution in [0.2, 0.25) is 0 Å². The maximum atomic E-state index is 11.1. The standard InChI is InChI=1S/C10H15N3O4/c1-2-3-4-5-8(10(14)15)12-6-9(11-7-12)13(16)17/h6-8H,2-5H2,1H3,(H,14,15). The van der Waals surface area contributed by atoms with Crippen LogP contribution in [-0.2, 0) is 4.79 Å². The number of hydrogen-bond acceptors (Lipinski definition) is 4. The molecule has 17 heavy (non-hydrogen) atoms. The van der Waals surface area contributed by atoms with Crippen LogP contribution in [0.5, 0.6) is 0 Å². The molecule has 0 bridgehead atoms. The molecule has 0 aliphatic carbocycles. The number of carboxylic acids is 1. The fourth-order valence-electron chi connectivity index (χ4n) is 1.58. The van der Waals surface area contributed by atoms with E-state index in [0.717, 1.165) is 25.5 Å². The molecular weight excluding hydrogens is 226 g/mol. The number of aromatic nitrogens is 2. The quantitative estimate of drug-likeness (QED) is 0.447. The summed E-state index contributed by atoms with van der Waals surface area (Å²) >= 11 is 0. The predicted molar refractivity (Wildman–Crippen MR) is 59.7 cm³/mol. The number of rotatable bonds is 7. The third-order valence-corrected chi connectivity index (χ3v) is 2.50. The highest BCUT2D eigenvalue weighted by atomic mass is 16.6. The molecule has 1 unspecified atom stereocenters. The van der Waals surface area contributed by atoms with E-state index >= 15 is 0 Å². The van der Waals surface area contributed by atoms with Gasteiger partial charge in [-0.1, -0.05) is 26.2 Å². The first kappa shape index (κ1) is 13.1. The van der Waals surface area contributed by atoms with E-state index in [1.807, 2.05) is 6.92 Å². The van der Waals surface area contributed by atoms with Crippen molar-refractivity contribution in [2.24, 2.45) is 0 Å². The Kier molecular flexibility index (Phi) is 4.62. The Hall–Kier alpha value is -1.92. The first-order valence-corrected chi connectivity index (χ1v) is 5.47. The van der Waals surface area contributed by atoms with Gasteiger partial charge in [0.05, 0.1) is 0 Å². The molecule has 7 nitrogen and oxygen atoms in total. The Morgan fingerprint density at radius 3 is 2.82 bits per heavy atom. The Morgan fingerprint density at radius 2 is 2.35 bits per heavy atom. The average Bonchev–Trinajstić information content (AvgIpc) is 2.73. The lowest BCUT2D eigenvalue weighted by Crippen LogP contribution is -2.17. The van der Waals surface area contributed by atoms with Crippen molar-refractivity contribution in [2.75, 3.05) is 0 Å². The van der Waals surface area contributed by atoms with Crippen molar-refractivity contribution in [2.45, 2.75) is 38.6 Å². The molecule has 1 atom stereocenters. The largest absolute Gasteiger partial charge is 0.480 e. The highest BCUT2D eigenvalue weighted by molar-refractivity contribution is 5.71. The van der Waals surface area contributed by atoms with Crippen LogP contribution in [-0.4, -0.2) is 25.6 Å². The molecule has 0 aliphatic rings. The molecule has 0 fully saturated rings. The van der Waals surface area contributed by atoms with Crippen LogP contribution >= 0.6 is 0 Å². The molecule has 0 saturated carbocycles. The fraction of sp³-hybridized carbons (Fsp3) is 0.600. The van der Waals surface area contributed by atoms with Gasteiger partial charge in [-0.2, -0.15) is 0 Å². The zero-order valence-electron chi connectivity index (χ0n) is 9.57. The van der Waals surface area contributed by atoms with E-state index in [0.29, 0.717) is 6.42 Å². The van der Waals surface area contributed by atoms with E-state index in [-0.39, 0.29) is 5.82 Å². The van der Waals surface area contributed by atoms with Gasteiger partial charge < -0.3 is 15.2 Å². The monoisotopic (exact) mass is 241 g/mol. The molecule has 0 aromatic carbocycles. The van der Waals surface area contributed by atoms with Crippen LogP contribution < -0.4 is 0 Å². The summed E-state index contributed by atoms with van der Waals surface area (Å²) < 4.78 is 1.29. The highest BCUT2D eigenvalue weighted by Crippen LogP contribution is 2.18. The van der Waals surface area contributed by atoms with Crippen LogP contribution in [0.1, 0.15) is 38.6 Å². The molecule has 0 radical (unpaired) electrons. The summed E-state index contributed by atoms with van der Waals surface area (Å²) in [6.45, 7) is 2.03. The Labute approximate surface area is 98.2 Å². The Morgan fingerprint density at radius 1 is 1.65 bits per heavy atom. The van der Waals surface area contributed by atoms with E-state index in [2.05, 4.69) is 4.98 Å². The summed E-state index contributed by atoms with van der Waals surface area (Å²) in [7, 11) is 0. The Bertz CT molecular complexity index is 402. The van der Waals surface area contributed by atoms with Gasteiger partial charge in [0.1, 0.15) is 12.2 Å². The number of hydrogen-bond donors (Lipinski definition) is 1. The summed E-state index contributed by atoms with van der Waals surface area (Å²) in [5.41, 5.74) is 0. The number of unbranched alkanes of at least 4 members (excludes halogenated alkanes) is 2. The van der Waals surface area contributed by atoms with Crippen molar-refractivity contribution in [1.82, 2.24) is 9.55 Å². The zero-order valence-corrected chi connectivity index (χ0v) is 9.57. The fourth-order valence-corrected chi connectivity index (χ4v) is 1.58. The molecule has 1 heterocycles. The number of carboxylic acid groups (broad SMARTS) is 1. The maximum Gasteiger partial charge on any atom is 0.381 e. The molecule has 1 rings (SSSR count). The second-order valence-electron chi connectivity index (χ2n) is 3.79. The molecule has 1 aromatic heterocycles. The van der Waals surface area contributed by atoms with Crippen molar-refractivity contribution in [3.63, 3.8) is 0 Å². The zero-order chi connectivity index (χ0) is 12.8. The van der Waals surface area contributed by atoms with Crippen LogP contribution in [0.4, 0.5) is 5.82 Å². The SMILES string of the molecule is CCCCCC(C(=O)O)n1cnc([N+](=O)[O-])c1. The highest BCUT2D eigenvalue weighted by Gasteiger charge is 2.22. The maximum absolute atomic E-state index is 11.1.